The highest BCUT2D eigenvalue weighted by molar-refractivity contribution is 6.47. The minimum Gasteiger partial charge on any atom is -0.508 e. The Bertz CT molecular complexity index is 887. The Morgan fingerprint density at radius 1 is 1.04 bits per heavy atom. The normalized spacial score (nSPS) is 16.2. The topological polar surface area (TPSA) is 123 Å². The number of benzene rings is 2. The number of aromatic hydroxyl groups is 3. The van der Waals surface area contributed by atoms with E-state index < -0.39 is 23.4 Å². The van der Waals surface area contributed by atoms with Gasteiger partial charge in [0.2, 0.25) is 17.3 Å². The highest BCUT2D eigenvalue weighted by Crippen LogP contribution is 2.46. The van der Waals surface area contributed by atoms with Gasteiger partial charge in [0.1, 0.15) is 22.8 Å². The number of rotatable bonds is 3. The van der Waals surface area contributed by atoms with Gasteiger partial charge in [0, 0.05) is 17.7 Å². The number of carbonyl (C=O) groups excluding carboxylic acids is 2. The third-order valence-corrected chi connectivity index (χ3v) is 3.83. The zero-order valence-corrected chi connectivity index (χ0v) is 13.3. The van der Waals surface area contributed by atoms with Crippen LogP contribution in [0.3, 0.4) is 0 Å². The van der Waals surface area contributed by atoms with Crippen molar-refractivity contribution in [1.29, 1.82) is 0 Å². The van der Waals surface area contributed by atoms with Crippen molar-refractivity contribution in [1.82, 2.24) is 0 Å². The van der Waals surface area contributed by atoms with Crippen LogP contribution >= 0.6 is 0 Å². The lowest BCUT2D eigenvalue weighted by molar-refractivity contribution is -0.122. The van der Waals surface area contributed by atoms with Crippen molar-refractivity contribution < 1.29 is 39.1 Å². The second-order valence-corrected chi connectivity index (χ2v) is 5.27. The summed E-state index contributed by atoms with van der Waals surface area (Å²) in [4.78, 5) is 24.8. The molecule has 2 aromatic carbocycles. The average molecular weight is 346 g/mol. The number of carbonyl (C=O) groups is 2. The summed E-state index contributed by atoms with van der Waals surface area (Å²) in [7, 11) is 2.63. The van der Waals surface area contributed by atoms with Gasteiger partial charge in [-0.2, -0.15) is 0 Å². The lowest BCUT2D eigenvalue weighted by atomic mass is 9.93. The molecule has 0 amide bonds. The Labute approximate surface area is 141 Å². The SMILES string of the molecule is COc1ccc(C2Oc3cc(O)cc(O)c3C(=O)C2=O)c(OC)c1O. The molecule has 2 aromatic rings. The van der Waals surface area contributed by atoms with Crippen LogP contribution in [-0.2, 0) is 4.79 Å². The molecule has 8 heteroatoms. The van der Waals surface area contributed by atoms with Crippen LogP contribution in [0, 0.1) is 0 Å². The van der Waals surface area contributed by atoms with Crippen LogP contribution in [0.5, 0.6) is 34.5 Å². The summed E-state index contributed by atoms with van der Waals surface area (Å²) in [5.41, 5.74) is -0.219. The van der Waals surface area contributed by atoms with Crippen molar-refractivity contribution in [2.24, 2.45) is 0 Å². The number of phenols is 3. The third-order valence-electron chi connectivity index (χ3n) is 3.83. The fourth-order valence-corrected chi connectivity index (χ4v) is 2.69. The molecule has 3 rings (SSSR count). The fourth-order valence-electron chi connectivity index (χ4n) is 2.69. The lowest BCUT2D eigenvalue weighted by Gasteiger charge is -2.26. The Morgan fingerprint density at radius 2 is 1.76 bits per heavy atom. The van der Waals surface area contributed by atoms with E-state index in [0.717, 1.165) is 12.1 Å². The van der Waals surface area contributed by atoms with Crippen molar-refractivity contribution >= 4 is 11.6 Å². The minimum absolute atomic E-state index is 0.0849. The van der Waals surface area contributed by atoms with Gasteiger partial charge in [-0.05, 0) is 12.1 Å². The smallest absolute Gasteiger partial charge is 0.248 e. The molecule has 1 atom stereocenters. The molecule has 0 saturated carbocycles. The number of methoxy groups -OCH3 is 2. The molecule has 8 nitrogen and oxygen atoms in total. The Kier molecular flexibility index (Phi) is 3.88. The Balaban J connectivity index is 2.15. The minimum atomic E-state index is -1.41. The van der Waals surface area contributed by atoms with E-state index in [0.29, 0.717) is 0 Å². The quantitative estimate of drug-likeness (QED) is 0.718. The van der Waals surface area contributed by atoms with Crippen LogP contribution in [0.1, 0.15) is 22.0 Å². The van der Waals surface area contributed by atoms with Crippen molar-refractivity contribution in [3.63, 3.8) is 0 Å². The number of phenolic OH excluding ortho intramolecular Hbond substituents is 3. The summed E-state index contributed by atoms with van der Waals surface area (Å²) < 4.78 is 15.6. The second kappa shape index (κ2) is 5.90. The predicted octanol–water partition coefficient (Wildman–Crippen LogP) is 1.71. The van der Waals surface area contributed by atoms with Gasteiger partial charge in [0.15, 0.2) is 17.6 Å². The van der Waals surface area contributed by atoms with Gasteiger partial charge in [-0.15, -0.1) is 0 Å². The van der Waals surface area contributed by atoms with Gasteiger partial charge in [-0.3, -0.25) is 9.59 Å². The first-order chi connectivity index (χ1) is 11.9. The molecule has 0 bridgehead atoms. The first kappa shape index (κ1) is 16.4. The molecule has 1 unspecified atom stereocenters. The van der Waals surface area contributed by atoms with Crippen LogP contribution in [-0.4, -0.2) is 41.1 Å². The summed E-state index contributed by atoms with van der Waals surface area (Å²) in [6.07, 6.45) is -1.41. The number of hydrogen-bond acceptors (Lipinski definition) is 8. The van der Waals surface area contributed by atoms with Crippen LogP contribution in [0.25, 0.3) is 0 Å². The molecule has 25 heavy (non-hydrogen) atoms. The maximum atomic E-state index is 12.4. The number of ether oxygens (including phenoxy) is 3. The molecule has 0 spiro atoms. The maximum Gasteiger partial charge on any atom is 0.248 e. The van der Waals surface area contributed by atoms with E-state index >= 15 is 0 Å². The molecule has 1 aliphatic rings. The Morgan fingerprint density at radius 3 is 2.40 bits per heavy atom. The molecule has 0 aromatic heterocycles. The fraction of sp³-hybridized carbons (Fsp3) is 0.176. The molecule has 0 aliphatic carbocycles. The molecular formula is C17H14O8. The molecule has 0 saturated heterocycles. The first-order valence-electron chi connectivity index (χ1n) is 7.14. The summed E-state index contributed by atoms with van der Waals surface area (Å²) in [5.74, 6) is -3.28. The van der Waals surface area contributed by atoms with E-state index in [4.69, 9.17) is 14.2 Å². The van der Waals surface area contributed by atoms with Gasteiger partial charge in [0.05, 0.1) is 14.2 Å². The molecule has 1 aliphatic heterocycles. The summed E-state index contributed by atoms with van der Waals surface area (Å²) in [5, 5.41) is 29.5. The van der Waals surface area contributed by atoms with Gasteiger partial charge in [-0.1, -0.05) is 0 Å². The van der Waals surface area contributed by atoms with E-state index in [9.17, 15) is 24.9 Å². The Hall–Kier alpha value is -3.42. The third kappa shape index (κ3) is 2.47. The predicted molar refractivity (Wildman–Crippen MR) is 83.7 cm³/mol. The highest BCUT2D eigenvalue weighted by atomic mass is 16.5. The van der Waals surface area contributed by atoms with Crippen LogP contribution in [0.4, 0.5) is 0 Å². The number of hydrogen-bond donors (Lipinski definition) is 3. The van der Waals surface area contributed by atoms with Gasteiger partial charge < -0.3 is 29.5 Å². The van der Waals surface area contributed by atoms with E-state index in [-0.39, 0.29) is 39.9 Å². The molecule has 130 valence electrons. The molecular weight excluding hydrogens is 332 g/mol. The van der Waals surface area contributed by atoms with Gasteiger partial charge >= 0.3 is 0 Å². The summed E-state index contributed by atoms with van der Waals surface area (Å²) in [6, 6.07) is 4.86. The summed E-state index contributed by atoms with van der Waals surface area (Å²) in [6.45, 7) is 0. The van der Waals surface area contributed by atoms with E-state index in [1.165, 1.54) is 26.4 Å². The van der Waals surface area contributed by atoms with E-state index in [2.05, 4.69) is 0 Å². The molecule has 3 N–H and O–H groups in total. The monoisotopic (exact) mass is 346 g/mol. The zero-order valence-electron chi connectivity index (χ0n) is 13.3. The maximum absolute atomic E-state index is 12.4. The summed E-state index contributed by atoms with van der Waals surface area (Å²) >= 11 is 0. The van der Waals surface area contributed by atoms with Gasteiger partial charge in [-0.25, -0.2) is 0 Å². The van der Waals surface area contributed by atoms with Gasteiger partial charge in [0.25, 0.3) is 0 Å². The van der Waals surface area contributed by atoms with E-state index in [1.807, 2.05) is 0 Å². The van der Waals surface area contributed by atoms with Crippen molar-refractivity contribution in [3.05, 3.63) is 35.4 Å². The van der Waals surface area contributed by atoms with Crippen LogP contribution in [0.2, 0.25) is 0 Å². The first-order valence-corrected chi connectivity index (χ1v) is 7.14. The molecule has 1 heterocycles. The standard InChI is InChI=1S/C17H14O8/c1-23-10-4-3-8(16(24-2)13(10)20)17-15(22)14(21)12-9(19)5-7(18)6-11(12)25-17/h3-6,17-20H,1-2H3. The number of ketones is 2. The van der Waals surface area contributed by atoms with Crippen molar-refractivity contribution in [2.45, 2.75) is 6.10 Å². The largest absolute Gasteiger partial charge is 0.508 e. The second-order valence-electron chi connectivity index (χ2n) is 5.27. The molecule has 0 radical (unpaired) electrons. The van der Waals surface area contributed by atoms with Crippen LogP contribution in [0.15, 0.2) is 24.3 Å². The highest BCUT2D eigenvalue weighted by Gasteiger charge is 2.40. The average Bonchev–Trinajstić information content (AvgIpc) is 2.57. The lowest BCUT2D eigenvalue weighted by Crippen LogP contribution is -2.32. The van der Waals surface area contributed by atoms with Crippen molar-refractivity contribution in [3.8, 4) is 34.5 Å². The number of Topliss-reactive ketones (excluding diaryl/α,β-unsaturated/α-hetero) is 2. The van der Waals surface area contributed by atoms with Crippen molar-refractivity contribution in [2.75, 3.05) is 14.2 Å². The zero-order chi connectivity index (χ0) is 18.3. The molecule has 0 fully saturated rings. The number of fused-ring (bicyclic) bond motifs is 1. The van der Waals surface area contributed by atoms with E-state index in [1.54, 1.807) is 0 Å². The van der Waals surface area contributed by atoms with Crippen LogP contribution < -0.4 is 14.2 Å².